The summed E-state index contributed by atoms with van der Waals surface area (Å²) in [7, 11) is 0. The van der Waals surface area contributed by atoms with Crippen LogP contribution in [0.5, 0.6) is 0 Å². The molecular formula is C5H5N5S. The predicted molar refractivity (Wildman–Crippen MR) is 41.4 cm³/mol. The molecule has 0 amide bonds. The minimum absolute atomic E-state index is 0.486. The minimum atomic E-state index is 0.486. The van der Waals surface area contributed by atoms with Crippen molar-refractivity contribution >= 4 is 17.2 Å². The monoisotopic (exact) mass is 167 g/mol. The molecule has 2 rings (SSSR count). The molecule has 0 unspecified atom stereocenters. The average molecular weight is 167 g/mol. The molecule has 6 heteroatoms. The predicted octanol–water partition coefficient (Wildman–Crippen LogP) is 0.306. The Kier molecular flexibility index (Phi) is 1.32. The van der Waals surface area contributed by atoms with Crippen molar-refractivity contribution in [3.05, 3.63) is 17.8 Å². The minimum Gasteiger partial charge on any atom is -0.382 e. The van der Waals surface area contributed by atoms with Crippen LogP contribution >= 0.6 is 11.3 Å². The Bertz CT molecular complexity index is 337. The molecule has 2 N–H and O–H groups in total. The summed E-state index contributed by atoms with van der Waals surface area (Å²) in [5.41, 5.74) is 7.06. The second-order valence-electron chi connectivity index (χ2n) is 1.91. The lowest BCUT2D eigenvalue weighted by Crippen LogP contribution is -1.95. The summed E-state index contributed by atoms with van der Waals surface area (Å²) in [6.07, 6.45) is 1.75. The van der Waals surface area contributed by atoms with Crippen LogP contribution < -0.4 is 5.73 Å². The Morgan fingerprint density at radius 1 is 1.55 bits per heavy atom. The molecule has 0 aromatic carbocycles. The summed E-state index contributed by atoms with van der Waals surface area (Å²) in [4.78, 5) is 0. The first-order valence-corrected chi connectivity index (χ1v) is 3.82. The summed E-state index contributed by atoms with van der Waals surface area (Å²) >= 11 is 1.41. The van der Waals surface area contributed by atoms with Gasteiger partial charge in [-0.15, -0.1) is 15.3 Å². The summed E-state index contributed by atoms with van der Waals surface area (Å²) in [5, 5.41) is 12.2. The number of nitrogens with two attached hydrogens (primary N) is 1. The number of anilines is 1. The van der Waals surface area contributed by atoms with Gasteiger partial charge in [-0.05, 0) is 0 Å². The second-order valence-corrected chi connectivity index (χ2v) is 2.72. The Hall–Kier alpha value is -1.43. The van der Waals surface area contributed by atoms with Crippen LogP contribution in [0.25, 0.3) is 5.13 Å². The number of nitrogens with zero attached hydrogens (tertiary/aromatic N) is 4. The quantitative estimate of drug-likeness (QED) is 0.663. The molecule has 2 aromatic rings. The molecular weight excluding hydrogens is 162 g/mol. The number of aromatic nitrogens is 4. The molecule has 0 atom stereocenters. The van der Waals surface area contributed by atoms with Crippen molar-refractivity contribution in [1.82, 2.24) is 20.0 Å². The second kappa shape index (κ2) is 2.31. The van der Waals surface area contributed by atoms with Gasteiger partial charge in [-0.25, -0.2) is 4.68 Å². The van der Waals surface area contributed by atoms with Crippen molar-refractivity contribution in [3.8, 4) is 5.13 Å². The number of hydrogen-bond acceptors (Lipinski definition) is 5. The van der Waals surface area contributed by atoms with Crippen molar-refractivity contribution in [2.24, 2.45) is 0 Å². The zero-order valence-corrected chi connectivity index (χ0v) is 6.32. The van der Waals surface area contributed by atoms with Crippen LogP contribution in [0, 0.1) is 0 Å². The highest BCUT2D eigenvalue weighted by atomic mass is 32.1. The highest BCUT2D eigenvalue weighted by Crippen LogP contribution is 2.08. The molecule has 0 aliphatic rings. The van der Waals surface area contributed by atoms with Crippen molar-refractivity contribution in [2.75, 3.05) is 5.73 Å². The SMILES string of the molecule is Nc1ccn(-c2nncs2)n1. The summed E-state index contributed by atoms with van der Waals surface area (Å²) < 4.78 is 1.59. The van der Waals surface area contributed by atoms with Crippen LogP contribution in [0.4, 0.5) is 5.82 Å². The largest absolute Gasteiger partial charge is 0.382 e. The first-order valence-electron chi connectivity index (χ1n) is 2.94. The molecule has 0 saturated heterocycles. The van der Waals surface area contributed by atoms with Crippen LogP contribution in [0.2, 0.25) is 0 Å². The molecule has 0 aliphatic heterocycles. The Labute approximate surface area is 66.5 Å². The zero-order chi connectivity index (χ0) is 7.68. The van der Waals surface area contributed by atoms with Crippen molar-refractivity contribution in [3.63, 3.8) is 0 Å². The summed E-state index contributed by atoms with van der Waals surface area (Å²) in [6, 6.07) is 1.71. The van der Waals surface area contributed by atoms with E-state index in [1.54, 1.807) is 22.5 Å². The maximum absolute atomic E-state index is 5.41. The van der Waals surface area contributed by atoms with Gasteiger partial charge in [0.25, 0.3) is 0 Å². The normalized spacial score (nSPS) is 10.2. The van der Waals surface area contributed by atoms with Gasteiger partial charge < -0.3 is 5.73 Å². The van der Waals surface area contributed by atoms with Crippen LogP contribution in [-0.4, -0.2) is 20.0 Å². The Morgan fingerprint density at radius 3 is 3.00 bits per heavy atom. The first-order chi connectivity index (χ1) is 5.36. The van der Waals surface area contributed by atoms with E-state index in [1.165, 1.54) is 11.3 Å². The van der Waals surface area contributed by atoms with E-state index in [2.05, 4.69) is 15.3 Å². The van der Waals surface area contributed by atoms with Gasteiger partial charge in [-0.2, -0.15) is 0 Å². The van der Waals surface area contributed by atoms with Gasteiger partial charge in [0.05, 0.1) is 0 Å². The molecule has 0 spiro atoms. The molecule has 2 aromatic heterocycles. The number of nitrogen functional groups attached to an aromatic ring is 1. The summed E-state index contributed by atoms with van der Waals surface area (Å²) in [5.74, 6) is 0.486. The zero-order valence-electron chi connectivity index (χ0n) is 5.51. The molecule has 0 saturated carbocycles. The van der Waals surface area contributed by atoms with E-state index < -0.39 is 0 Å². The van der Waals surface area contributed by atoms with E-state index >= 15 is 0 Å². The van der Waals surface area contributed by atoms with E-state index in [-0.39, 0.29) is 0 Å². The highest BCUT2D eigenvalue weighted by Gasteiger charge is 1.99. The van der Waals surface area contributed by atoms with E-state index in [4.69, 9.17) is 5.73 Å². The lowest BCUT2D eigenvalue weighted by Gasteiger charge is -1.89. The Balaban J connectivity index is 2.45. The lowest BCUT2D eigenvalue weighted by atomic mass is 10.7. The van der Waals surface area contributed by atoms with Crippen molar-refractivity contribution < 1.29 is 0 Å². The van der Waals surface area contributed by atoms with Gasteiger partial charge in [0.1, 0.15) is 11.3 Å². The van der Waals surface area contributed by atoms with E-state index in [9.17, 15) is 0 Å². The lowest BCUT2D eigenvalue weighted by molar-refractivity contribution is 0.851. The van der Waals surface area contributed by atoms with Crippen LogP contribution in [0.1, 0.15) is 0 Å². The average Bonchev–Trinajstić information content (AvgIpc) is 2.55. The molecule has 0 aliphatic carbocycles. The van der Waals surface area contributed by atoms with Gasteiger partial charge in [-0.3, -0.25) is 0 Å². The van der Waals surface area contributed by atoms with E-state index in [1.807, 2.05) is 0 Å². The van der Waals surface area contributed by atoms with Gasteiger partial charge in [0.2, 0.25) is 5.13 Å². The first kappa shape index (κ1) is 6.29. The number of hydrogen-bond donors (Lipinski definition) is 1. The molecule has 2 heterocycles. The fourth-order valence-corrected chi connectivity index (χ4v) is 1.20. The Morgan fingerprint density at radius 2 is 2.45 bits per heavy atom. The molecule has 0 radical (unpaired) electrons. The van der Waals surface area contributed by atoms with Gasteiger partial charge in [0.15, 0.2) is 0 Å². The topological polar surface area (TPSA) is 69.6 Å². The maximum Gasteiger partial charge on any atom is 0.232 e. The van der Waals surface area contributed by atoms with Crippen LogP contribution in [-0.2, 0) is 0 Å². The molecule has 0 bridgehead atoms. The third-order valence-corrected chi connectivity index (χ3v) is 1.83. The summed E-state index contributed by atoms with van der Waals surface area (Å²) in [6.45, 7) is 0. The standard InChI is InChI=1S/C5H5N5S/c6-4-1-2-10(9-4)5-8-7-3-11-5/h1-3H,(H2,6,9). The fraction of sp³-hybridized carbons (Fsp3) is 0. The maximum atomic E-state index is 5.41. The van der Waals surface area contributed by atoms with Crippen molar-refractivity contribution in [2.45, 2.75) is 0 Å². The van der Waals surface area contributed by atoms with Gasteiger partial charge >= 0.3 is 0 Å². The van der Waals surface area contributed by atoms with Crippen LogP contribution in [0.3, 0.4) is 0 Å². The fourth-order valence-electron chi connectivity index (χ4n) is 0.712. The van der Waals surface area contributed by atoms with Crippen LogP contribution in [0.15, 0.2) is 17.8 Å². The van der Waals surface area contributed by atoms with E-state index in [0.717, 1.165) is 5.13 Å². The number of rotatable bonds is 1. The smallest absolute Gasteiger partial charge is 0.232 e. The highest BCUT2D eigenvalue weighted by molar-refractivity contribution is 7.11. The third kappa shape index (κ3) is 1.07. The molecule has 11 heavy (non-hydrogen) atoms. The molecule has 56 valence electrons. The molecule has 0 fully saturated rings. The van der Waals surface area contributed by atoms with Gasteiger partial charge in [0, 0.05) is 12.3 Å². The third-order valence-electron chi connectivity index (χ3n) is 1.15. The van der Waals surface area contributed by atoms with Crippen molar-refractivity contribution in [1.29, 1.82) is 0 Å². The van der Waals surface area contributed by atoms with E-state index in [0.29, 0.717) is 5.82 Å². The molecule has 5 nitrogen and oxygen atoms in total. The van der Waals surface area contributed by atoms with Gasteiger partial charge in [-0.1, -0.05) is 11.3 Å².